The van der Waals surface area contributed by atoms with Crippen LogP contribution in [0.3, 0.4) is 0 Å². The lowest BCUT2D eigenvalue weighted by atomic mass is 9.77. The molecule has 1 heterocycles. The van der Waals surface area contributed by atoms with E-state index in [2.05, 4.69) is 5.32 Å². The van der Waals surface area contributed by atoms with Crippen LogP contribution in [0.5, 0.6) is 0 Å². The second-order valence-electron chi connectivity index (χ2n) is 6.81. The van der Waals surface area contributed by atoms with Crippen molar-refractivity contribution in [1.29, 1.82) is 0 Å². The summed E-state index contributed by atoms with van der Waals surface area (Å²) in [7, 11) is 0. The van der Waals surface area contributed by atoms with Crippen molar-refractivity contribution in [3.63, 3.8) is 0 Å². The molecule has 0 aromatic rings. The van der Waals surface area contributed by atoms with E-state index in [0.29, 0.717) is 13.0 Å². The number of carboxylic acid groups (broad SMARTS) is 1. The van der Waals surface area contributed by atoms with Crippen LogP contribution in [0.4, 0.5) is 0 Å². The molecular weight excluding hydrogens is 264 g/mol. The highest BCUT2D eigenvalue weighted by Gasteiger charge is 2.40. The van der Waals surface area contributed by atoms with Gasteiger partial charge in [0.2, 0.25) is 0 Å². The predicted octanol–water partition coefficient (Wildman–Crippen LogP) is 3.43. The van der Waals surface area contributed by atoms with E-state index in [9.17, 15) is 4.79 Å². The number of amidine groups is 1. The SMILES string of the molecule is O=C(O)CCCN=C1NC2(CCCC2)CC2=C1CCCC2. The summed E-state index contributed by atoms with van der Waals surface area (Å²) in [6, 6.07) is 0. The number of nitrogens with one attached hydrogen (secondary N) is 1. The zero-order chi connectivity index (χ0) is 14.7. The Hall–Kier alpha value is -1.32. The van der Waals surface area contributed by atoms with E-state index in [-0.39, 0.29) is 12.0 Å². The van der Waals surface area contributed by atoms with Gasteiger partial charge in [0.1, 0.15) is 5.84 Å². The first-order valence-electron chi connectivity index (χ1n) is 8.44. The molecular formula is C17H26N2O2. The summed E-state index contributed by atoms with van der Waals surface area (Å²) in [6.45, 7) is 0.626. The van der Waals surface area contributed by atoms with E-state index in [0.717, 1.165) is 12.3 Å². The number of hydrogen-bond acceptors (Lipinski definition) is 2. The lowest BCUT2D eigenvalue weighted by molar-refractivity contribution is -0.137. The number of aliphatic imine (C=N–C) groups is 1. The zero-order valence-corrected chi connectivity index (χ0v) is 12.8. The van der Waals surface area contributed by atoms with Crippen molar-refractivity contribution < 1.29 is 9.90 Å². The summed E-state index contributed by atoms with van der Waals surface area (Å²) in [5, 5.41) is 12.5. The molecule has 21 heavy (non-hydrogen) atoms. The number of aliphatic carboxylic acids is 1. The Morgan fingerprint density at radius 1 is 1.19 bits per heavy atom. The van der Waals surface area contributed by atoms with Crippen molar-refractivity contribution in [2.75, 3.05) is 6.54 Å². The minimum absolute atomic E-state index is 0.216. The van der Waals surface area contributed by atoms with Crippen LogP contribution in [0.25, 0.3) is 0 Å². The van der Waals surface area contributed by atoms with Gasteiger partial charge in [-0.1, -0.05) is 18.4 Å². The highest BCUT2D eigenvalue weighted by Crippen LogP contribution is 2.42. The Balaban J connectivity index is 1.75. The molecule has 0 unspecified atom stereocenters. The predicted molar refractivity (Wildman–Crippen MR) is 83.6 cm³/mol. The summed E-state index contributed by atoms with van der Waals surface area (Å²) in [4.78, 5) is 15.4. The summed E-state index contributed by atoms with van der Waals surface area (Å²) in [5.74, 6) is 0.375. The van der Waals surface area contributed by atoms with Gasteiger partial charge in [-0.2, -0.15) is 0 Å². The molecule has 0 aromatic carbocycles. The normalized spacial score (nSPS) is 26.0. The molecule has 1 spiro atoms. The number of nitrogens with zero attached hydrogens (tertiary/aromatic N) is 1. The first-order valence-corrected chi connectivity index (χ1v) is 8.44. The van der Waals surface area contributed by atoms with Gasteiger partial charge in [-0.25, -0.2) is 0 Å². The second kappa shape index (κ2) is 6.20. The van der Waals surface area contributed by atoms with Gasteiger partial charge >= 0.3 is 5.97 Å². The fraction of sp³-hybridized carbons (Fsp3) is 0.765. The number of carboxylic acids is 1. The van der Waals surface area contributed by atoms with Gasteiger partial charge in [0.05, 0.1) is 0 Å². The monoisotopic (exact) mass is 290 g/mol. The summed E-state index contributed by atoms with van der Waals surface area (Å²) >= 11 is 0. The quantitative estimate of drug-likeness (QED) is 0.780. The fourth-order valence-electron chi connectivity index (χ4n) is 4.14. The van der Waals surface area contributed by atoms with Crippen LogP contribution >= 0.6 is 0 Å². The molecule has 1 aliphatic heterocycles. The van der Waals surface area contributed by atoms with Crippen LogP contribution in [0, 0.1) is 0 Å². The molecule has 1 saturated carbocycles. The molecule has 4 heteroatoms. The fourth-order valence-corrected chi connectivity index (χ4v) is 4.14. The van der Waals surface area contributed by atoms with E-state index in [1.165, 1.54) is 56.9 Å². The van der Waals surface area contributed by atoms with Crippen molar-refractivity contribution in [3.8, 4) is 0 Å². The van der Waals surface area contributed by atoms with Gasteiger partial charge in [-0.15, -0.1) is 0 Å². The maximum Gasteiger partial charge on any atom is 0.303 e. The number of hydrogen-bond donors (Lipinski definition) is 2. The Labute approximate surface area is 126 Å². The molecule has 2 aliphatic carbocycles. The lowest BCUT2D eigenvalue weighted by Crippen LogP contribution is -2.51. The first kappa shape index (κ1) is 14.6. The number of rotatable bonds is 4. The van der Waals surface area contributed by atoms with Crippen molar-refractivity contribution >= 4 is 11.8 Å². The van der Waals surface area contributed by atoms with Crippen LogP contribution in [0.15, 0.2) is 16.1 Å². The van der Waals surface area contributed by atoms with Gasteiger partial charge < -0.3 is 10.4 Å². The lowest BCUT2D eigenvalue weighted by Gasteiger charge is -2.40. The van der Waals surface area contributed by atoms with Crippen LogP contribution in [0.1, 0.15) is 70.6 Å². The summed E-state index contributed by atoms with van der Waals surface area (Å²) in [6.07, 6.45) is 12.2. The topological polar surface area (TPSA) is 61.7 Å². The molecule has 0 aromatic heterocycles. The molecule has 0 atom stereocenters. The van der Waals surface area contributed by atoms with Crippen molar-refractivity contribution in [2.45, 2.75) is 76.2 Å². The van der Waals surface area contributed by atoms with Crippen molar-refractivity contribution in [2.24, 2.45) is 4.99 Å². The average molecular weight is 290 g/mol. The summed E-state index contributed by atoms with van der Waals surface area (Å²) < 4.78 is 0. The Morgan fingerprint density at radius 3 is 2.71 bits per heavy atom. The molecule has 0 saturated heterocycles. The van der Waals surface area contributed by atoms with Gasteiger partial charge in [0.15, 0.2) is 0 Å². The van der Waals surface area contributed by atoms with Crippen molar-refractivity contribution in [1.82, 2.24) is 5.32 Å². The Kier molecular flexibility index (Phi) is 4.32. The molecule has 1 fully saturated rings. The van der Waals surface area contributed by atoms with E-state index in [1.54, 1.807) is 5.57 Å². The third kappa shape index (κ3) is 3.30. The first-order chi connectivity index (χ1) is 10.2. The highest BCUT2D eigenvalue weighted by atomic mass is 16.4. The molecule has 0 radical (unpaired) electrons. The molecule has 116 valence electrons. The molecule has 3 rings (SSSR count). The van der Waals surface area contributed by atoms with Crippen LogP contribution in [0.2, 0.25) is 0 Å². The largest absolute Gasteiger partial charge is 0.481 e. The van der Waals surface area contributed by atoms with Crippen molar-refractivity contribution in [3.05, 3.63) is 11.1 Å². The van der Waals surface area contributed by atoms with E-state index in [1.807, 2.05) is 0 Å². The van der Waals surface area contributed by atoms with E-state index in [4.69, 9.17) is 10.1 Å². The molecule has 2 N–H and O–H groups in total. The molecule has 3 aliphatic rings. The van der Waals surface area contributed by atoms with Crippen LogP contribution in [-0.4, -0.2) is 29.0 Å². The van der Waals surface area contributed by atoms with Gasteiger partial charge in [-0.05, 0) is 56.9 Å². The zero-order valence-electron chi connectivity index (χ0n) is 12.8. The van der Waals surface area contributed by atoms with Crippen LogP contribution in [-0.2, 0) is 4.79 Å². The highest BCUT2D eigenvalue weighted by molar-refractivity contribution is 6.00. The second-order valence-corrected chi connectivity index (χ2v) is 6.81. The van der Waals surface area contributed by atoms with E-state index >= 15 is 0 Å². The summed E-state index contributed by atoms with van der Waals surface area (Å²) in [5.41, 5.74) is 3.36. The third-order valence-corrected chi connectivity index (χ3v) is 5.18. The minimum Gasteiger partial charge on any atom is -0.481 e. The van der Waals surface area contributed by atoms with Gasteiger partial charge in [0.25, 0.3) is 0 Å². The van der Waals surface area contributed by atoms with Gasteiger partial charge in [-0.3, -0.25) is 9.79 Å². The standard InChI is InChI=1S/C17H26N2O2/c20-15(21)8-5-11-18-16-14-7-2-1-6-13(14)12-17(19-16)9-3-4-10-17/h1-12H2,(H,18,19)(H,20,21). The molecule has 0 bridgehead atoms. The maximum absolute atomic E-state index is 10.6. The Bertz CT molecular complexity index is 473. The number of carbonyl (C=O) groups is 1. The van der Waals surface area contributed by atoms with Gasteiger partial charge in [0, 0.05) is 18.5 Å². The molecule has 4 nitrogen and oxygen atoms in total. The average Bonchev–Trinajstić information content (AvgIpc) is 2.91. The molecule has 0 amide bonds. The van der Waals surface area contributed by atoms with Crippen LogP contribution < -0.4 is 5.32 Å². The Morgan fingerprint density at radius 2 is 1.95 bits per heavy atom. The minimum atomic E-state index is -0.725. The maximum atomic E-state index is 10.6. The third-order valence-electron chi connectivity index (χ3n) is 5.18. The smallest absolute Gasteiger partial charge is 0.303 e. The van der Waals surface area contributed by atoms with E-state index < -0.39 is 5.97 Å².